The van der Waals surface area contributed by atoms with Crippen LogP contribution < -0.4 is 15.4 Å². The van der Waals surface area contributed by atoms with Crippen molar-refractivity contribution in [2.24, 2.45) is 13.0 Å². The minimum absolute atomic E-state index is 0.0401. The minimum atomic E-state index is -3.91. The number of carbonyl (C=O) groups is 2. The van der Waals surface area contributed by atoms with Gasteiger partial charge < -0.3 is 29.9 Å². The Hall–Kier alpha value is -3.16. The molecule has 13 heteroatoms. The number of likely N-dealkylation sites (N-methyl/N-ethyl adjacent to an activating group) is 1. The van der Waals surface area contributed by atoms with Crippen LogP contribution in [0.5, 0.6) is 5.75 Å². The molecule has 1 aliphatic heterocycles. The molecule has 1 aliphatic rings. The van der Waals surface area contributed by atoms with Crippen molar-refractivity contribution in [3.8, 4) is 5.75 Å². The Morgan fingerprint density at radius 1 is 1.32 bits per heavy atom. The van der Waals surface area contributed by atoms with Crippen molar-refractivity contribution in [2.75, 3.05) is 32.1 Å². The summed E-state index contributed by atoms with van der Waals surface area (Å²) >= 11 is 0. The molecule has 0 bridgehead atoms. The molecule has 3 rings (SSSR count). The Morgan fingerprint density at radius 3 is 2.62 bits per heavy atom. The number of ether oxygens (including phenoxy) is 1. The van der Waals surface area contributed by atoms with Crippen molar-refractivity contribution in [1.29, 1.82) is 0 Å². The fourth-order valence-electron chi connectivity index (χ4n) is 4.01. The number of nitrogens with one attached hydrogen (secondary N) is 2. The van der Waals surface area contributed by atoms with Crippen LogP contribution in [0.1, 0.15) is 38.1 Å². The maximum Gasteiger partial charge on any atom is 0.319 e. The Kier molecular flexibility index (Phi) is 8.82. The first-order chi connectivity index (χ1) is 17.3. The average molecular weight is 537 g/mol. The molecular formula is C24H36N6O6S. The number of anilines is 1. The fourth-order valence-corrected chi connectivity index (χ4v) is 5.16. The summed E-state index contributed by atoms with van der Waals surface area (Å²) < 4.78 is 35.3. The molecule has 0 saturated carbocycles. The van der Waals surface area contributed by atoms with Gasteiger partial charge in [0.05, 0.1) is 36.8 Å². The third-order valence-electron chi connectivity index (χ3n) is 6.15. The largest absolute Gasteiger partial charge is 0.486 e. The summed E-state index contributed by atoms with van der Waals surface area (Å²) in [5, 5.41) is 15.2. The molecule has 1 aromatic heterocycles. The molecule has 204 valence electrons. The van der Waals surface area contributed by atoms with Gasteiger partial charge in [-0.25, -0.2) is 18.2 Å². The quantitative estimate of drug-likeness (QED) is 0.463. The summed E-state index contributed by atoms with van der Waals surface area (Å²) in [5.41, 5.74) is 0.477. The van der Waals surface area contributed by atoms with Gasteiger partial charge in [0.1, 0.15) is 6.10 Å². The van der Waals surface area contributed by atoms with E-state index in [1.54, 1.807) is 41.6 Å². The van der Waals surface area contributed by atoms with Gasteiger partial charge >= 0.3 is 6.03 Å². The summed E-state index contributed by atoms with van der Waals surface area (Å²) in [6.07, 6.45) is 2.13. The number of urea groups is 1. The van der Waals surface area contributed by atoms with E-state index in [-0.39, 0.29) is 59.6 Å². The van der Waals surface area contributed by atoms with Crippen molar-refractivity contribution in [2.45, 2.75) is 50.9 Å². The molecule has 0 saturated heterocycles. The number of para-hydroxylation sites is 1. The van der Waals surface area contributed by atoms with Crippen molar-refractivity contribution >= 4 is 27.6 Å². The molecule has 0 radical (unpaired) electrons. The first-order valence-electron chi connectivity index (χ1n) is 12.1. The molecule has 0 fully saturated rings. The second kappa shape index (κ2) is 11.5. The van der Waals surface area contributed by atoms with E-state index in [0.29, 0.717) is 0 Å². The van der Waals surface area contributed by atoms with Gasteiger partial charge in [0.15, 0.2) is 10.8 Å². The van der Waals surface area contributed by atoms with Crippen LogP contribution in [-0.4, -0.2) is 89.2 Å². The van der Waals surface area contributed by atoms with E-state index in [0.717, 1.165) is 0 Å². The highest BCUT2D eigenvalue weighted by Crippen LogP contribution is 2.35. The summed E-state index contributed by atoms with van der Waals surface area (Å²) in [4.78, 5) is 31.5. The highest BCUT2D eigenvalue weighted by molar-refractivity contribution is 7.89. The van der Waals surface area contributed by atoms with E-state index in [4.69, 9.17) is 4.74 Å². The Bertz CT molecular complexity index is 1230. The van der Waals surface area contributed by atoms with E-state index in [2.05, 4.69) is 15.6 Å². The SMILES string of the molecule is CC(C)NC(=O)Nc1cccc2c1O[C@H](CN(C)S(=O)(=O)c1cn(C)cn1)[C@@H](C)CN([C@H](C)CO)C2=O. The lowest BCUT2D eigenvalue weighted by Gasteiger charge is -2.38. The zero-order chi connectivity index (χ0) is 27.5. The summed E-state index contributed by atoms with van der Waals surface area (Å²) in [6, 6.07) is 3.75. The molecule has 37 heavy (non-hydrogen) atoms. The van der Waals surface area contributed by atoms with Gasteiger partial charge in [0.25, 0.3) is 15.9 Å². The van der Waals surface area contributed by atoms with Crippen LogP contribution in [0.4, 0.5) is 10.5 Å². The number of rotatable bonds is 8. The molecule has 0 aliphatic carbocycles. The van der Waals surface area contributed by atoms with Gasteiger partial charge in [-0.2, -0.15) is 4.31 Å². The molecule has 2 heterocycles. The average Bonchev–Trinajstić information content (AvgIpc) is 3.27. The Morgan fingerprint density at radius 2 is 2.03 bits per heavy atom. The van der Waals surface area contributed by atoms with Gasteiger partial charge in [-0.1, -0.05) is 13.0 Å². The summed E-state index contributed by atoms with van der Waals surface area (Å²) in [7, 11) is -0.781. The number of benzene rings is 1. The van der Waals surface area contributed by atoms with Gasteiger partial charge in [0.2, 0.25) is 0 Å². The lowest BCUT2D eigenvalue weighted by atomic mass is 9.99. The van der Waals surface area contributed by atoms with Crippen LogP contribution in [0.15, 0.2) is 35.7 Å². The van der Waals surface area contributed by atoms with Crippen LogP contribution >= 0.6 is 0 Å². The topological polar surface area (TPSA) is 146 Å². The number of hydrogen-bond donors (Lipinski definition) is 3. The Labute approximate surface area is 217 Å². The van der Waals surface area contributed by atoms with Gasteiger partial charge in [-0.15, -0.1) is 0 Å². The van der Waals surface area contributed by atoms with Crippen molar-refractivity contribution in [1.82, 2.24) is 24.1 Å². The molecule has 2 aromatic rings. The summed E-state index contributed by atoms with van der Waals surface area (Å²) in [5.74, 6) is -0.545. The molecule has 3 amide bonds. The number of sulfonamides is 1. The van der Waals surface area contributed by atoms with E-state index < -0.39 is 28.2 Å². The number of imidazole rings is 1. The third-order valence-corrected chi connectivity index (χ3v) is 7.86. The van der Waals surface area contributed by atoms with Gasteiger partial charge in [-0.05, 0) is 32.9 Å². The van der Waals surface area contributed by atoms with Gasteiger partial charge in [-0.3, -0.25) is 4.79 Å². The zero-order valence-electron chi connectivity index (χ0n) is 22.0. The minimum Gasteiger partial charge on any atom is -0.486 e. The maximum absolute atomic E-state index is 13.5. The molecule has 0 spiro atoms. The number of carbonyl (C=O) groups excluding carboxylic acids is 2. The van der Waals surface area contributed by atoms with E-state index in [9.17, 15) is 23.1 Å². The first-order valence-corrected chi connectivity index (χ1v) is 13.5. The fraction of sp³-hybridized carbons (Fsp3) is 0.542. The molecule has 3 N–H and O–H groups in total. The smallest absolute Gasteiger partial charge is 0.319 e. The van der Waals surface area contributed by atoms with E-state index in [1.165, 1.54) is 23.9 Å². The number of aromatic nitrogens is 2. The van der Waals surface area contributed by atoms with Gasteiger partial charge in [0, 0.05) is 38.8 Å². The molecule has 0 unspecified atom stereocenters. The van der Waals surface area contributed by atoms with Crippen molar-refractivity contribution in [3.63, 3.8) is 0 Å². The first kappa shape index (κ1) is 28.4. The van der Waals surface area contributed by atoms with Crippen LogP contribution in [0, 0.1) is 5.92 Å². The predicted molar refractivity (Wildman–Crippen MR) is 138 cm³/mol. The Balaban J connectivity index is 2.02. The number of nitrogens with zero attached hydrogens (tertiary/aromatic N) is 4. The maximum atomic E-state index is 13.5. The second-order valence-corrected chi connectivity index (χ2v) is 11.7. The lowest BCUT2D eigenvalue weighted by molar-refractivity contribution is 0.0389. The monoisotopic (exact) mass is 536 g/mol. The number of hydrogen-bond acceptors (Lipinski definition) is 7. The highest BCUT2D eigenvalue weighted by Gasteiger charge is 2.36. The predicted octanol–water partition coefficient (Wildman–Crippen LogP) is 1.49. The molecule has 3 atom stereocenters. The number of amides is 3. The molecule has 1 aromatic carbocycles. The van der Waals surface area contributed by atoms with E-state index in [1.807, 2.05) is 20.8 Å². The number of aliphatic hydroxyl groups is 1. The lowest BCUT2D eigenvalue weighted by Crippen LogP contribution is -2.50. The van der Waals surface area contributed by atoms with E-state index >= 15 is 0 Å². The van der Waals surface area contributed by atoms with Crippen LogP contribution in [0.2, 0.25) is 0 Å². The molecule has 12 nitrogen and oxygen atoms in total. The van der Waals surface area contributed by atoms with Crippen LogP contribution in [0.3, 0.4) is 0 Å². The van der Waals surface area contributed by atoms with Crippen molar-refractivity contribution in [3.05, 3.63) is 36.3 Å². The normalized spacial score (nSPS) is 19.2. The highest BCUT2D eigenvalue weighted by atomic mass is 32.2. The zero-order valence-corrected chi connectivity index (χ0v) is 22.8. The summed E-state index contributed by atoms with van der Waals surface area (Å²) in [6.45, 7) is 7.16. The second-order valence-electron chi connectivity index (χ2n) is 9.72. The molecular weight excluding hydrogens is 500 g/mol. The number of aryl methyl sites for hydroxylation is 1. The standard InChI is InChI=1S/C24H36N6O6S/c1-15(2)26-24(33)27-19-9-7-8-18-22(19)36-20(16(3)10-30(23(18)32)17(4)13-31)11-29(6)37(34,35)21-12-28(5)14-25-21/h7-9,12,14-17,20,31H,10-11,13H2,1-6H3,(H2,26,27,33)/t16-,17+,20+/m0/s1. The third kappa shape index (κ3) is 6.40. The number of fused-ring (bicyclic) bond motifs is 1. The van der Waals surface area contributed by atoms with Crippen molar-refractivity contribution < 1.29 is 27.9 Å². The van der Waals surface area contributed by atoms with Crippen LogP contribution in [-0.2, 0) is 17.1 Å². The van der Waals surface area contributed by atoms with Crippen LogP contribution in [0.25, 0.3) is 0 Å². The number of aliphatic hydroxyl groups excluding tert-OH is 1.